The predicted octanol–water partition coefficient (Wildman–Crippen LogP) is 1.59. The number of hydrogen-bond acceptors (Lipinski definition) is 5. The monoisotopic (exact) mass is 352 g/mol. The molecule has 1 atom stereocenters. The van der Waals surface area contributed by atoms with Crippen molar-refractivity contribution >= 4 is 39.4 Å². The number of carbonyl (C=O) groups is 1. The van der Waals surface area contributed by atoms with Crippen LogP contribution in [-0.4, -0.2) is 36.9 Å². The zero-order valence-electron chi connectivity index (χ0n) is 12.4. The minimum absolute atomic E-state index is 0.176. The Morgan fingerprint density at radius 3 is 2.57 bits per heavy atom. The number of fused-ring (bicyclic) bond motifs is 1. The van der Waals surface area contributed by atoms with E-state index in [1.54, 1.807) is 0 Å². The standard InChI is InChI=1S/C16H19NO4S2/c18-16(17-8-9-23(19,20)21)14(11-22)10-13-6-3-5-12-4-1-2-7-15(12)13/h1-7,14,22H,8-11H2,(H,17,18)(H,19,20,21)/p-1. The van der Waals surface area contributed by atoms with Crippen LogP contribution in [0.25, 0.3) is 10.8 Å². The van der Waals surface area contributed by atoms with Gasteiger partial charge in [-0.3, -0.25) is 4.79 Å². The van der Waals surface area contributed by atoms with E-state index in [0.29, 0.717) is 12.2 Å². The average molecular weight is 352 g/mol. The quantitative estimate of drug-likeness (QED) is 0.585. The van der Waals surface area contributed by atoms with E-state index >= 15 is 0 Å². The number of carbonyl (C=O) groups excluding carboxylic acids is 1. The summed E-state index contributed by atoms with van der Waals surface area (Å²) in [6.45, 7) is -0.176. The molecule has 0 aromatic heterocycles. The lowest BCUT2D eigenvalue weighted by Gasteiger charge is -2.16. The van der Waals surface area contributed by atoms with Gasteiger partial charge in [0.1, 0.15) is 0 Å². The lowest BCUT2D eigenvalue weighted by atomic mass is 9.95. The van der Waals surface area contributed by atoms with E-state index in [0.717, 1.165) is 16.3 Å². The summed E-state index contributed by atoms with van der Waals surface area (Å²) < 4.78 is 31.7. The van der Waals surface area contributed by atoms with E-state index in [9.17, 15) is 17.8 Å². The van der Waals surface area contributed by atoms with Crippen LogP contribution in [0.5, 0.6) is 0 Å². The van der Waals surface area contributed by atoms with Crippen molar-refractivity contribution in [3.05, 3.63) is 48.0 Å². The zero-order chi connectivity index (χ0) is 16.9. The first-order valence-electron chi connectivity index (χ1n) is 7.19. The topological polar surface area (TPSA) is 86.3 Å². The first-order chi connectivity index (χ1) is 10.9. The Balaban J connectivity index is 2.07. The van der Waals surface area contributed by atoms with Crippen molar-refractivity contribution < 1.29 is 17.8 Å². The van der Waals surface area contributed by atoms with E-state index in [1.807, 2.05) is 42.5 Å². The molecule has 1 unspecified atom stereocenters. The molecule has 7 heteroatoms. The molecule has 0 spiro atoms. The van der Waals surface area contributed by atoms with Gasteiger partial charge in [-0.05, 0) is 22.8 Å². The number of thiol groups is 1. The summed E-state index contributed by atoms with van der Waals surface area (Å²) in [5.41, 5.74) is 1.04. The first-order valence-corrected chi connectivity index (χ1v) is 9.40. The Morgan fingerprint density at radius 1 is 1.17 bits per heavy atom. The zero-order valence-corrected chi connectivity index (χ0v) is 14.1. The second kappa shape index (κ2) is 7.81. The molecule has 0 bridgehead atoms. The fraction of sp³-hybridized carbons (Fsp3) is 0.312. The maximum Gasteiger partial charge on any atom is 0.224 e. The molecule has 2 aromatic rings. The van der Waals surface area contributed by atoms with Crippen LogP contribution in [0.1, 0.15) is 5.56 Å². The van der Waals surface area contributed by atoms with Crippen LogP contribution in [0.15, 0.2) is 42.5 Å². The summed E-state index contributed by atoms with van der Waals surface area (Å²) in [7, 11) is -4.32. The molecule has 0 saturated heterocycles. The third-order valence-corrected chi connectivity index (χ3v) is 4.73. The fourth-order valence-electron chi connectivity index (χ4n) is 2.42. The molecule has 1 amide bonds. The van der Waals surface area contributed by atoms with Crippen LogP contribution in [-0.2, 0) is 21.3 Å². The van der Waals surface area contributed by atoms with Gasteiger partial charge in [0.2, 0.25) is 5.91 Å². The fourth-order valence-corrected chi connectivity index (χ4v) is 3.07. The van der Waals surface area contributed by atoms with Crippen molar-refractivity contribution in [2.75, 3.05) is 18.1 Å². The van der Waals surface area contributed by atoms with E-state index in [4.69, 9.17) is 0 Å². The Bertz CT molecular complexity index is 784. The van der Waals surface area contributed by atoms with Gasteiger partial charge in [-0.25, -0.2) is 8.42 Å². The van der Waals surface area contributed by atoms with Gasteiger partial charge in [0, 0.05) is 12.3 Å². The summed E-state index contributed by atoms with van der Waals surface area (Å²) in [6.07, 6.45) is 0.501. The van der Waals surface area contributed by atoms with Crippen LogP contribution in [0.2, 0.25) is 0 Å². The smallest absolute Gasteiger partial charge is 0.224 e. The van der Waals surface area contributed by atoms with Gasteiger partial charge in [0.25, 0.3) is 0 Å². The van der Waals surface area contributed by atoms with Crippen molar-refractivity contribution in [3.63, 3.8) is 0 Å². The van der Waals surface area contributed by atoms with Crippen molar-refractivity contribution in [1.29, 1.82) is 0 Å². The second-order valence-corrected chi connectivity index (χ2v) is 7.16. The van der Waals surface area contributed by atoms with E-state index in [2.05, 4.69) is 17.9 Å². The van der Waals surface area contributed by atoms with E-state index in [1.165, 1.54) is 0 Å². The normalized spacial score (nSPS) is 13.0. The molecule has 2 aromatic carbocycles. The molecule has 0 aliphatic carbocycles. The summed E-state index contributed by atoms with van der Waals surface area (Å²) in [5.74, 6) is -0.957. The maximum atomic E-state index is 12.1. The molecule has 124 valence electrons. The maximum absolute atomic E-state index is 12.1. The highest BCUT2D eigenvalue weighted by molar-refractivity contribution is 7.85. The predicted molar refractivity (Wildman–Crippen MR) is 92.6 cm³/mol. The molecule has 5 nitrogen and oxygen atoms in total. The number of amides is 1. The summed E-state index contributed by atoms with van der Waals surface area (Å²) >= 11 is 4.22. The minimum Gasteiger partial charge on any atom is -0.748 e. The van der Waals surface area contributed by atoms with E-state index in [-0.39, 0.29) is 12.5 Å². The lowest BCUT2D eigenvalue weighted by molar-refractivity contribution is -0.124. The van der Waals surface area contributed by atoms with Crippen molar-refractivity contribution in [2.45, 2.75) is 6.42 Å². The van der Waals surface area contributed by atoms with Crippen LogP contribution in [0, 0.1) is 5.92 Å². The van der Waals surface area contributed by atoms with Crippen molar-refractivity contribution in [2.24, 2.45) is 5.92 Å². The highest BCUT2D eigenvalue weighted by Crippen LogP contribution is 2.21. The molecule has 23 heavy (non-hydrogen) atoms. The Hall–Kier alpha value is -1.57. The molecular formula is C16H18NO4S2-. The molecule has 0 heterocycles. The van der Waals surface area contributed by atoms with Gasteiger partial charge in [-0.2, -0.15) is 12.6 Å². The third kappa shape index (κ3) is 5.23. The molecule has 0 aliphatic heterocycles. The number of nitrogens with one attached hydrogen (secondary N) is 1. The van der Waals surface area contributed by atoms with Crippen LogP contribution in [0.4, 0.5) is 0 Å². The highest BCUT2D eigenvalue weighted by atomic mass is 32.2. The second-order valence-electron chi connectivity index (χ2n) is 5.27. The van der Waals surface area contributed by atoms with Gasteiger partial charge in [0.15, 0.2) is 0 Å². The lowest BCUT2D eigenvalue weighted by Crippen LogP contribution is -2.36. The minimum atomic E-state index is -4.32. The average Bonchev–Trinajstić information content (AvgIpc) is 2.51. The molecule has 0 saturated carbocycles. The first kappa shape index (κ1) is 17.8. The van der Waals surface area contributed by atoms with Crippen LogP contribution < -0.4 is 5.32 Å². The molecule has 0 radical (unpaired) electrons. The van der Waals surface area contributed by atoms with Crippen molar-refractivity contribution in [3.8, 4) is 0 Å². The highest BCUT2D eigenvalue weighted by Gasteiger charge is 2.18. The molecule has 0 fully saturated rings. The largest absolute Gasteiger partial charge is 0.748 e. The van der Waals surface area contributed by atoms with Crippen molar-refractivity contribution in [1.82, 2.24) is 5.32 Å². The van der Waals surface area contributed by atoms with Gasteiger partial charge >= 0.3 is 0 Å². The number of hydrogen-bond donors (Lipinski definition) is 2. The summed E-state index contributed by atoms with van der Waals surface area (Å²) in [4.78, 5) is 12.1. The van der Waals surface area contributed by atoms with E-state index < -0.39 is 21.8 Å². The van der Waals surface area contributed by atoms with Gasteiger partial charge in [-0.15, -0.1) is 0 Å². The molecule has 2 rings (SSSR count). The summed E-state index contributed by atoms with van der Waals surface area (Å²) in [5, 5.41) is 4.67. The Morgan fingerprint density at radius 2 is 1.87 bits per heavy atom. The number of rotatable bonds is 7. The Kier molecular flexibility index (Phi) is 6.04. The molecule has 1 N–H and O–H groups in total. The summed E-state index contributed by atoms with van der Waals surface area (Å²) in [6, 6.07) is 13.8. The van der Waals surface area contributed by atoms with Crippen LogP contribution >= 0.6 is 12.6 Å². The molecular weight excluding hydrogens is 334 g/mol. The van der Waals surface area contributed by atoms with Gasteiger partial charge in [0.05, 0.1) is 21.8 Å². The van der Waals surface area contributed by atoms with Gasteiger partial charge < -0.3 is 9.87 Å². The molecule has 0 aliphatic rings. The van der Waals surface area contributed by atoms with Crippen LogP contribution in [0.3, 0.4) is 0 Å². The third-order valence-electron chi connectivity index (χ3n) is 3.59. The van der Waals surface area contributed by atoms with Gasteiger partial charge in [-0.1, -0.05) is 42.5 Å². The number of benzene rings is 2. The Labute approximate surface area is 141 Å². The SMILES string of the molecule is O=C(NCCS(=O)(=O)[O-])C(CS)Cc1cccc2ccccc12.